The zero-order chi connectivity index (χ0) is 20.6. The fourth-order valence-corrected chi connectivity index (χ4v) is 1.19. The lowest BCUT2D eigenvalue weighted by atomic mass is 10.2. The van der Waals surface area contributed by atoms with Crippen LogP contribution in [0.1, 0.15) is 6.92 Å². The number of rotatable bonds is 7. The first-order valence-corrected chi connectivity index (χ1v) is 5.68. The summed E-state index contributed by atoms with van der Waals surface area (Å²) < 4.78 is 157. The minimum atomic E-state index is -7.12. The normalized spacial score (nSPS) is 18.5. The van der Waals surface area contributed by atoms with E-state index in [0.717, 1.165) is 0 Å². The first kappa shape index (κ1) is 26.9. The molecule has 0 radical (unpaired) electrons. The molecule has 1 N–H and O–H groups in total. The van der Waals surface area contributed by atoms with Gasteiger partial charge in [0.2, 0.25) is 0 Å². The molecule has 3 unspecified atom stereocenters. The Bertz CT molecular complexity index is 484. The van der Waals surface area contributed by atoms with Gasteiger partial charge in [-0.3, -0.25) is 14.2 Å². The smallest absolute Gasteiger partial charge is 0.390 e. The maximum absolute atomic E-state index is 13.6. The average molecular weight is 424 g/mol. The SMILES string of the molecule is C=C(F)C(F)(F)OC(F)(C(F)(F)F)C(F)(F)OC(C(C)O)C(F)(F)F.F. The molecule has 158 valence electrons. The van der Waals surface area contributed by atoms with Crippen molar-refractivity contribution in [1.82, 2.24) is 0 Å². The maximum atomic E-state index is 13.6. The fraction of sp³-hybridized carbons (Fsp3) is 0.800. The van der Waals surface area contributed by atoms with Crippen molar-refractivity contribution < 1.29 is 72.0 Å². The van der Waals surface area contributed by atoms with E-state index in [1.54, 1.807) is 6.58 Å². The lowest BCUT2D eigenvalue weighted by Gasteiger charge is -2.37. The van der Waals surface area contributed by atoms with Gasteiger partial charge in [-0.25, -0.2) is 4.39 Å². The quantitative estimate of drug-likeness (QED) is 0.617. The van der Waals surface area contributed by atoms with E-state index < -0.39 is 48.5 Å². The van der Waals surface area contributed by atoms with E-state index >= 15 is 0 Å². The Morgan fingerprint density at radius 2 is 1.31 bits per heavy atom. The van der Waals surface area contributed by atoms with Gasteiger partial charge in [-0.1, -0.05) is 6.58 Å². The summed E-state index contributed by atoms with van der Waals surface area (Å²) in [7, 11) is 0. The number of aliphatic hydroxyl groups excluding tert-OH is 1. The summed E-state index contributed by atoms with van der Waals surface area (Å²) in [4.78, 5) is 0. The third-order valence-corrected chi connectivity index (χ3v) is 2.36. The summed E-state index contributed by atoms with van der Waals surface area (Å²) in [5.74, 6) is -10.1. The number of alkyl halides is 11. The van der Waals surface area contributed by atoms with Crippen molar-refractivity contribution in [3.8, 4) is 0 Å². The standard InChI is InChI=1S/C10H8F12O3.FH/c1-3(23)5(6(12,13)14)24-10(21,22)8(17,9(18,19)20)25-7(15,16)4(2)11;/h3,5,23H,2H2,1H3;1H. The summed E-state index contributed by atoms with van der Waals surface area (Å²) in [6, 6.07) is 0. The van der Waals surface area contributed by atoms with Gasteiger partial charge >= 0.3 is 30.4 Å². The van der Waals surface area contributed by atoms with Crippen LogP contribution in [0.2, 0.25) is 0 Å². The third kappa shape index (κ3) is 5.60. The Morgan fingerprint density at radius 3 is 1.54 bits per heavy atom. The van der Waals surface area contributed by atoms with Gasteiger partial charge in [-0.05, 0) is 6.92 Å². The minimum Gasteiger partial charge on any atom is -0.390 e. The van der Waals surface area contributed by atoms with Crippen LogP contribution in [0.3, 0.4) is 0 Å². The fourth-order valence-electron chi connectivity index (χ4n) is 1.19. The minimum absolute atomic E-state index is 0. The van der Waals surface area contributed by atoms with E-state index in [1.165, 1.54) is 0 Å². The predicted molar refractivity (Wildman–Crippen MR) is 56.2 cm³/mol. The molecule has 0 spiro atoms. The molecule has 3 atom stereocenters. The second-order valence-corrected chi connectivity index (χ2v) is 4.45. The van der Waals surface area contributed by atoms with Crippen LogP contribution in [0.25, 0.3) is 0 Å². The molecule has 0 rings (SSSR count). The summed E-state index contributed by atoms with van der Waals surface area (Å²) in [5.41, 5.74) is 0. The molecule has 0 amide bonds. The van der Waals surface area contributed by atoms with Crippen LogP contribution in [0, 0.1) is 0 Å². The average Bonchev–Trinajstić information content (AvgIpc) is 2.31. The van der Waals surface area contributed by atoms with Gasteiger partial charge in [0.15, 0.2) is 11.9 Å². The summed E-state index contributed by atoms with van der Waals surface area (Å²) in [5, 5.41) is 8.66. The van der Waals surface area contributed by atoms with E-state index in [-0.39, 0.29) is 11.6 Å². The molecule has 0 fully saturated rings. The number of hydrogen-bond acceptors (Lipinski definition) is 3. The molecule has 0 aliphatic carbocycles. The van der Waals surface area contributed by atoms with E-state index in [1.807, 2.05) is 0 Å². The molecule has 3 nitrogen and oxygen atoms in total. The van der Waals surface area contributed by atoms with Crippen LogP contribution in [0.4, 0.5) is 57.4 Å². The first-order chi connectivity index (χ1) is 10.7. The van der Waals surface area contributed by atoms with E-state index in [9.17, 15) is 52.7 Å². The van der Waals surface area contributed by atoms with Crippen molar-refractivity contribution in [2.45, 2.75) is 49.6 Å². The Labute approximate surface area is 135 Å². The van der Waals surface area contributed by atoms with Crippen LogP contribution in [0.5, 0.6) is 0 Å². The monoisotopic (exact) mass is 424 g/mol. The van der Waals surface area contributed by atoms with Gasteiger partial charge < -0.3 is 5.11 Å². The lowest BCUT2D eigenvalue weighted by molar-refractivity contribution is -0.508. The second kappa shape index (κ2) is 7.75. The molecule has 0 aliphatic heterocycles. The Morgan fingerprint density at radius 1 is 0.923 bits per heavy atom. The van der Waals surface area contributed by atoms with Crippen LogP contribution in [-0.2, 0) is 9.47 Å². The van der Waals surface area contributed by atoms with Crippen molar-refractivity contribution in [3.63, 3.8) is 0 Å². The van der Waals surface area contributed by atoms with E-state index in [0.29, 0.717) is 0 Å². The number of hydrogen-bond donors (Lipinski definition) is 1. The number of aliphatic hydroxyl groups is 1. The molecule has 26 heavy (non-hydrogen) atoms. The van der Waals surface area contributed by atoms with Gasteiger partial charge in [0.25, 0.3) is 0 Å². The molecule has 0 saturated carbocycles. The zero-order valence-electron chi connectivity index (χ0n) is 12.1. The molecule has 0 heterocycles. The second-order valence-electron chi connectivity index (χ2n) is 4.45. The van der Waals surface area contributed by atoms with E-state index in [4.69, 9.17) is 5.11 Å². The van der Waals surface area contributed by atoms with Crippen LogP contribution in [-0.4, -0.2) is 47.7 Å². The summed E-state index contributed by atoms with van der Waals surface area (Å²) in [6.07, 6.45) is -33.0. The van der Waals surface area contributed by atoms with Crippen molar-refractivity contribution in [3.05, 3.63) is 12.4 Å². The van der Waals surface area contributed by atoms with Crippen LogP contribution >= 0.6 is 0 Å². The van der Waals surface area contributed by atoms with Gasteiger partial charge in [0.1, 0.15) is 0 Å². The Balaban J connectivity index is 0. The molecule has 0 aromatic carbocycles. The summed E-state index contributed by atoms with van der Waals surface area (Å²) >= 11 is 0. The lowest BCUT2D eigenvalue weighted by Crippen LogP contribution is -2.63. The number of ether oxygens (including phenoxy) is 2. The molecule has 0 aromatic rings. The topological polar surface area (TPSA) is 38.7 Å². The molecule has 0 saturated heterocycles. The Kier molecular flexibility index (Phi) is 8.03. The molecule has 0 aromatic heterocycles. The summed E-state index contributed by atoms with van der Waals surface area (Å²) in [6.45, 7) is 1.85. The number of halogens is 13. The molecular weight excluding hydrogens is 415 g/mol. The highest BCUT2D eigenvalue weighted by Crippen LogP contribution is 2.51. The highest BCUT2D eigenvalue weighted by molar-refractivity contribution is 4.97. The molecule has 0 bridgehead atoms. The van der Waals surface area contributed by atoms with Crippen molar-refractivity contribution in [2.24, 2.45) is 0 Å². The van der Waals surface area contributed by atoms with Crippen molar-refractivity contribution >= 4 is 0 Å². The largest absolute Gasteiger partial charge is 0.458 e. The zero-order valence-corrected chi connectivity index (χ0v) is 12.1. The van der Waals surface area contributed by atoms with Gasteiger partial charge in [-0.15, -0.1) is 0 Å². The highest BCUT2D eigenvalue weighted by atomic mass is 19.4. The van der Waals surface area contributed by atoms with Gasteiger partial charge in [0, 0.05) is 0 Å². The third-order valence-electron chi connectivity index (χ3n) is 2.36. The Hall–Kier alpha value is -1.29. The molecule has 0 aliphatic rings. The maximum Gasteiger partial charge on any atom is 0.458 e. The molecular formula is C10H9F13O3. The first-order valence-electron chi connectivity index (χ1n) is 5.68. The van der Waals surface area contributed by atoms with Crippen molar-refractivity contribution in [2.75, 3.05) is 0 Å². The molecule has 16 heteroatoms. The van der Waals surface area contributed by atoms with Gasteiger partial charge in [0.05, 0.1) is 6.10 Å². The van der Waals surface area contributed by atoms with Gasteiger partial charge in [-0.2, -0.15) is 48.3 Å². The van der Waals surface area contributed by atoms with Crippen LogP contribution in [0.15, 0.2) is 12.4 Å². The highest BCUT2D eigenvalue weighted by Gasteiger charge is 2.78. The van der Waals surface area contributed by atoms with E-state index in [2.05, 4.69) is 9.47 Å². The van der Waals surface area contributed by atoms with Crippen LogP contribution < -0.4 is 0 Å². The predicted octanol–water partition coefficient (Wildman–Crippen LogP) is 4.38. The van der Waals surface area contributed by atoms with Crippen molar-refractivity contribution in [1.29, 1.82) is 0 Å².